The number of nitrogens with zero attached hydrogens (tertiary/aromatic N) is 1. The maximum atomic E-state index is 3.55. The van der Waals surface area contributed by atoms with Crippen LogP contribution < -0.4 is 5.32 Å². The molecule has 2 rings (SSSR count). The van der Waals surface area contributed by atoms with Crippen molar-refractivity contribution in [2.24, 2.45) is 0 Å². The van der Waals surface area contributed by atoms with Crippen LogP contribution in [0.15, 0.2) is 0 Å². The summed E-state index contributed by atoms with van der Waals surface area (Å²) in [5.74, 6) is 1.40. The Morgan fingerprint density at radius 1 is 1.43 bits per heavy atom. The van der Waals surface area contributed by atoms with Crippen LogP contribution in [0.1, 0.15) is 26.2 Å². The summed E-state index contributed by atoms with van der Waals surface area (Å²) in [6.45, 7) is 7.39. The molecule has 2 saturated heterocycles. The molecule has 2 heterocycles. The van der Waals surface area contributed by atoms with Crippen molar-refractivity contribution in [1.29, 1.82) is 0 Å². The van der Waals surface area contributed by atoms with Gasteiger partial charge in [-0.1, -0.05) is 0 Å². The van der Waals surface area contributed by atoms with Gasteiger partial charge in [-0.3, -0.25) is 0 Å². The van der Waals surface area contributed by atoms with E-state index in [0.717, 1.165) is 5.25 Å². The second kappa shape index (κ2) is 5.38. The van der Waals surface area contributed by atoms with Gasteiger partial charge in [0, 0.05) is 24.4 Å². The van der Waals surface area contributed by atoms with Crippen LogP contribution in [0.4, 0.5) is 0 Å². The van der Waals surface area contributed by atoms with Crippen LogP contribution in [0.3, 0.4) is 0 Å². The van der Waals surface area contributed by atoms with Crippen LogP contribution in [0, 0.1) is 0 Å². The molecule has 14 heavy (non-hydrogen) atoms. The summed E-state index contributed by atoms with van der Waals surface area (Å²) < 4.78 is 0. The molecule has 1 N–H and O–H groups in total. The third-order valence-corrected chi connectivity index (χ3v) is 4.54. The molecule has 0 spiro atoms. The van der Waals surface area contributed by atoms with Crippen LogP contribution in [0.2, 0.25) is 0 Å². The van der Waals surface area contributed by atoms with Gasteiger partial charge in [0.25, 0.3) is 0 Å². The standard InChI is InChI=1S/C11H22N2S/c1-10-8-13(6-3-5-12-10)9-11-4-2-7-14-11/h10-12H,2-9H2,1H3. The highest BCUT2D eigenvalue weighted by atomic mass is 32.2. The Labute approximate surface area is 91.8 Å². The van der Waals surface area contributed by atoms with Crippen molar-refractivity contribution in [2.75, 3.05) is 31.9 Å². The molecule has 0 aromatic carbocycles. The molecule has 0 amide bonds. The predicted octanol–water partition coefficient (Wildman–Crippen LogP) is 1.57. The number of rotatable bonds is 2. The Hall–Kier alpha value is 0.270. The lowest BCUT2D eigenvalue weighted by Gasteiger charge is -2.24. The minimum Gasteiger partial charge on any atom is -0.313 e. The van der Waals surface area contributed by atoms with Crippen molar-refractivity contribution in [2.45, 2.75) is 37.5 Å². The Balaban J connectivity index is 1.77. The van der Waals surface area contributed by atoms with E-state index in [9.17, 15) is 0 Å². The molecule has 0 aromatic heterocycles. The van der Waals surface area contributed by atoms with Crippen LogP contribution in [0.5, 0.6) is 0 Å². The van der Waals surface area contributed by atoms with Gasteiger partial charge in [0.2, 0.25) is 0 Å². The third-order valence-electron chi connectivity index (χ3n) is 3.16. The first-order valence-corrected chi connectivity index (χ1v) is 6.97. The SMILES string of the molecule is CC1CN(CC2CCCS2)CCCN1. The molecule has 2 aliphatic rings. The normalized spacial score (nSPS) is 35.8. The Kier molecular flexibility index (Phi) is 4.14. The third kappa shape index (κ3) is 3.14. The second-order valence-electron chi connectivity index (χ2n) is 4.60. The number of hydrogen-bond donors (Lipinski definition) is 1. The lowest BCUT2D eigenvalue weighted by Crippen LogP contribution is -2.38. The van der Waals surface area contributed by atoms with E-state index in [0.29, 0.717) is 6.04 Å². The number of nitrogens with one attached hydrogen (secondary N) is 1. The van der Waals surface area contributed by atoms with Crippen LogP contribution >= 0.6 is 11.8 Å². The van der Waals surface area contributed by atoms with E-state index in [1.165, 1.54) is 51.2 Å². The zero-order chi connectivity index (χ0) is 9.80. The van der Waals surface area contributed by atoms with Gasteiger partial charge in [-0.15, -0.1) is 0 Å². The molecule has 0 aromatic rings. The lowest BCUT2D eigenvalue weighted by atomic mass is 10.2. The summed E-state index contributed by atoms with van der Waals surface area (Å²) in [4.78, 5) is 2.66. The van der Waals surface area contributed by atoms with E-state index in [1.54, 1.807) is 0 Å². The molecule has 2 nitrogen and oxygen atoms in total. The summed E-state index contributed by atoms with van der Waals surface area (Å²) in [6.07, 6.45) is 4.21. The van der Waals surface area contributed by atoms with Gasteiger partial charge in [0.15, 0.2) is 0 Å². The molecule has 3 heteroatoms. The van der Waals surface area contributed by atoms with E-state index in [4.69, 9.17) is 0 Å². The molecule has 2 atom stereocenters. The summed E-state index contributed by atoms with van der Waals surface area (Å²) in [5, 5.41) is 4.48. The molecule has 0 aliphatic carbocycles. The van der Waals surface area contributed by atoms with Crippen molar-refractivity contribution < 1.29 is 0 Å². The Morgan fingerprint density at radius 3 is 3.14 bits per heavy atom. The maximum Gasteiger partial charge on any atom is 0.0175 e. The first-order chi connectivity index (χ1) is 6.84. The topological polar surface area (TPSA) is 15.3 Å². The van der Waals surface area contributed by atoms with E-state index in [1.807, 2.05) is 0 Å². The predicted molar refractivity (Wildman–Crippen MR) is 64.0 cm³/mol. The Bertz CT molecular complexity index is 169. The largest absolute Gasteiger partial charge is 0.313 e. The fourth-order valence-electron chi connectivity index (χ4n) is 2.44. The zero-order valence-corrected chi connectivity index (χ0v) is 9.98. The minimum absolute atomic E-state index is 0.684. The summed E-state index contributed by atoms with van der Waals surface area (Å²) in [5.41, 5.74) is 0. The summed E-state index contributed by atoms with van der Waals surface area (Å²) in [7, 11) is 0. The monoisotopic (exact) mass is 214 g/mol. The summed E-state index contributed by atoms with van der Waals surface area (Å²) in [6, 6.07) is 0.684. The van der Waals surface area contributed by atoms with E-state index >= 15 is 0 Å². The molecule has 0 saturated carbocycles. The van der Waals surface area contributed by atoms with Gasteiger partial charge in [0.1, 0.15) is 0 Å². The average molecular weight is 214 g/mol. The number of thioether (sulfide) groups is 1. The Morgan fingerprint density at radius 2 is 2.36 bits per heavy atom. The van der Waals surface area contributed by atoms with Gasteiger partial charge in [-0.2, -0.15) is 11.8 Å². The molecule has 2 aliphatic heterocycles. The highest BCUT2D eigenvalue weighted by molar-refractivity contribution is 8.00. The highest BCUT2D eigenvalue weighted by Gasteiger charge is 2.21. The van der Waals surface area contributed by atoms with Gasteiger partial charge >= 0.3 is 0 Å². The molecule has 82 valence electrons. The quantitative estimate of drug-likeness (QED) is 0.751. The zero-order valence-electron chi connectivity index (χ0n) is 9.17. The van der Waals surface area contributed by atoms with E-state index in [-0.39, 0.29) is 0 Å². The smallest absolute Gasteiger partial charge is 0.0175 e. The van der Waals surface area contributed by atoms with Crippen molar-refractivity contribution in [3.8, 4) is 0 Å². The van der Waals surface area contributed by atoms with Crippen LogP contribution in [-0.2, 0) is 0 Å². The lowest BCUT2D eigenvalue weighted by molar-refractivity contribution is 0.272. The van der Waals surface area contributed by atoms with E-state index < -0.39 is 0 Å². The molecule has 2 unspecified atom stereocenters. The van der Waals surface area contributed by atoms with Gasteiger partial charge in [-0.25, -0.2) is 0 Å². The minimum atomic E-state index is 0.684. The van der Waals surface area contributed by atoms with Crippen LogP contribution in [-0.4, -0.2) is 48.1 Å². The first-order valence-electron chi connectivity index (χ1n) is 5.92. The second-order valence-corrected chi connectivity index (χ2v) is 6.01. The van der Waals surface area contributed by atoms with Gasteiger partial charge in [0.05, 0.1) is 0 Å². The number of hydrogen-bond acceptors (Lipinski definition) is 3. The van der Waals surface area contributed by atoms with Crippen molar-refractivity contribution in [3.63, 3.8) is 0 Å². The van der Waals surface area contributed by atoms with Crippen LogP contribution in [0.25, 0.3) is 0 Å². The molecule has 2 fully saturated rings. The molecule has 0 bridgehead atoms. The van der Waals surface area contributed by atoms with Crippen molar-refractivity contribution in [3.05, 3.63) is 0 Å². The molecular weight excluding hydrogens is 192 g/mol. The highest BCUT2D eigenvalue weighted by Crippen LogP contribution is 2.26. The molecular formula is C11H22N2S. The summed E-state index contributed by atoms with van der Waals surface area (Å²) >= 11 is 2.18. The fraction of sp³-hybridized carbons (Fsp3) is 1.00. The average Bonchev–Trinajstić information content (AvgIpc) is 2.56. The van der Waals surface area contributed by atoms with E-state index in [2.05, 4.69) is 28.9 Å². The first kappa shape index (κ1) is 10.8. The van der Waals surface area contributed by atoms with Gasteiger partial charge < -0.3 is 10.2 Å². The van der Waals surface area contributed by atoms with Gasteiger partial charge in [-0.05, 0) is 45.0 Å². The molecule has 0 radical (unpaired) electrons. The van der Waals surface area contributed by atoms with Crippen molar-refractivity contribution in [1.82, 2.24) is 10.2 Å². The maximum absolute atomic E-state index is 3.55. The fourth-order valence-corrected chi connectivity index (χ4v) is 3.75. The van der Waals surface area contributed by atoms with Crippen molar-refractivity contribution >= 4 is 11.8 Å².